The van der Waals surface area contributed by atoms with E-state index < -0.39 is 17.1 Å². The monoisotopic (exact) mass is 410 g/mol. The van der Waals surface area contributed by atoms with E-state index in [1.165, 1.54) is 18.5 Å². The Balaban J connectivity index is 2.88. The van der Waals surface area contributed by atoms with Crippen molar-refractivity contribution in [2.24, 2.45) is 0 Å². The smallest absolute Gasteiger partial charge is 0.332 e. The zero-order valence-electron chi connectivity index (χ0n) is 17.6. The van der Waals surface area contributed by atoms with Gasteiger partial charge in [-0.3, -0.25) is 14.2 Å². The molecule has 3 N–H and O–H groups in total. The lowest BCUT2D eigenvalue weighted by atomic mass is 9.90. The topological polar surface area (TPSA) is 121 Å². The summed E-state index contributed by atoms with van der Waals surface area (Å²) >= 11 is 0. The second-order valence-electron chi connectivity index (χ2n) is 7.90. The molecule has 0 aliphatic rings. The molecule has 30 heavy (non-hydrogen) atoms. The van der Waals surface area contributed by atoms with Gasteiger partial charge < -0.3 is 15.1 Å². The third-order valence-electron chi connectivity index (χ3n) is 4.34. The lowest BCUT2D eigenvalue weighted by Gasteiger charge is -2.17. The standard InChI is InChI=1S/C22H26N4O4/c1-7-8-13(2)9-17-19(27)25-16(20(28)26(17)11-14(3)21(29)30)10-15-18(22(4,5)6)24-12-23-15/h7-10,12H,1,3,11H2,2,4-6H3,(H,23,24)(H,25,27)(H,29,30)/b13-8+,16-10-,17-9-. The van der Waals surface area contributed by atoms with Gasteiger partial charge in [0.25, 0.3) is 11.1 Å². The third kappa shape index (κ3) is 5.02. The SMILES string of the molecule is C=C/C=C(C)/C=c1/c(=O)[nH]/c(=C\c2nc[nH]c2C(C)(C)C)c(=O)n1CC(=C)C(=O)O. The number of allylic oxidation sites excluding steroid dienone is 3. The molecule has 0 fully saturated rings. The Morgan fingerprint density at radius 3 is 2.57 bits per heavy atom. The molecule has 2 aromatic rings. The van der Waals surface area contributed by atoms with Crippen LogP contribution >= 0.6 is 0 Å². The van der Waals surface area contributed by atoms with Gasteiger partial charge in [0.15, 0.2) is 0 Å². The van der Waals surface area contributed by atoms with Crippen LogP contribution in [0.1, 0.15) is 39.1 Å². The van der Waals surface area contributed by atoms with Gasteiger partial charge in [-0.25, -0.2) is 9.78 Å². The molecule has 0 aliphatic carbocycles. The van der Waals surface area contributed by atoms with Crippen LogP contribution in [-0.2, 0) is 16.8 Å². The van der Waals surface area contributed by atoms with Crippen molar-refractivity contribution in [1.29, 1.82) is 0 Å². The predicted molar refractivity (Wildman–Crippen MR) is 117 cm³/mol. The van der Waals surface area contributed by atoms with E-state index in [1.54, 1.807) is 19.1 Å². The highest BCUT2D eigenvalue weighted by molar-refractivity contribution is 5.85. The Hall–Kier alpha value is -3.68. The zero-order chi connectivity index (χ0) is 22.6. The van der Waals surface area contributed by atoms with Crippen LogP contribution in [0.3, 0.4) is 0 Å². The van der Waals surface area contributed by atoms with E-state index in [4.69, 9.17) is 0 Å². The summed E-state index contributed by atoms with van der Waals surface area (Å²) in [4.78, 5) is 47.1. The third-order valence-corrected chi connectivity index (χ3v) is 4.34. The van der Waals surface area contributed by atoms with Crippen molar-refractivity contribution in [3.8, 4) is 0 Å². The van der Waals surface area contributed by atoms with E-state index in [9.17, 15) is 19.5 Å². The van der Waals surface area contributed by atoms with Gasteiger partial charge in [0.2, 0.25) is 0 Å². The number of imidazole rings is 1. The quantitative estimate of drug-likeness (QED) is 0.483. The van der Waals surface area contributed by atoms with E-state index in [-0.39, 0.29) is 28.2 Å². The van der Waals surface area contributed by atoms with Gasteiger partial charge in [0.1, 0.15) is 10.7 Å². The van der Waals surface area contributed by atoms with Crippen molar-refractivity contribution in [2.45, 2.75) is 39.7 Å². The molecule has 0 bridgehead atoms. The van der Waals surface area contributed by atoms with E-state index in [0.29, 0.717) is 11.3 Å². The van der Waals surface area contributed by atoms with Crippen LogP contribution in [0.15, 0.2) is 52.4 Å². The number of aromatic amines is 2. The summed E-state index contributed by atoms with van der Waals surface area (Å²) < 4.78 is 1.10. The maximum atomic E-state index is 13.2. The van der Waals surface area contributed by atoms with Crippen molar-refractivity contribution in [3.05, 3.63) is 85.6 Å². The van der Waals surface area contributed by atoms with Gasteiger partial charge in [-0.05, 0) is 24.6 Å². The molecular weight excluding hydrogens is 384 g/mol. The number of carbonyl (C=O) groups is 1. The summed E-state index contributed by atoms with van der Waals surface area (Å²) in [7, 11) is 0. The number of H-pyrrole nitrogens is 2. The van der Waals surface area contributed by atoms with Gasteiger partial charge >= 0.3 is 5.97 Å². The van der Waals surface area contributed by atoms with Crippen molar-refractivity contribution < 1.29 is 9.90 Å². The average molecular weight is 410 g/mol. The molecule has 0 radical (unpaired) electrons. The van der Waals surface area contributed by atoms with Gasteiger partial charge in [0.05, 0.1) is 18.6 Å². The highest BCUT2D eigenvalue weighted by Gasteiger charge is 2.19. The summed E-state index contributed by atoms with van der Waals surface area (Å²) in [5.41, 5.74) is 0.399. The summed E-state index contributed by atoms with van der Waals surface area (Å²) in [6.07, 6.45) is 7.71. The zero-order valence-corrected chi connectivity index (χ0v) is 17.6. The first-order valence-electron chi connectivity index (χ1n) is 9.26. The first-order chi connectivity index (χ1) is 14.0. The Morgan fingerprint density at radius 1 is 1.33 bits per heavy atom. The summed E-state index contributed by atoms with van der Waals surface area (Å²) in [6.45, 7) is 14.5. The molecule has 158 valence electrons. The number of hydrogen-bond acceptors (Lipinski definition) is 4. The number of carboxylic acids is 1. The van der Waals surface area contributed by atoms with Crippen molar-refractivity contribution in [1.82, 2.24) is 19.5 Å². The maximum Gasteiger partial charge on any atom is 0.332 e. The minimum atomic E-state index is -1.25. The first kappa shape index (κ1) is 22.6. The molecule has 2 heterocycles. The second-order valence-corrected chi connectivity index (χ2v) is 7.90. The predicted octanol–water partition coefficient (Wildman–Crippen LogP) is 0.940. The number of hydrogen-bond donors (Lipinski definition) is 3. The van der Waals surface area contributed by atoms with Crippen LogP contribution < -0.4 is 21.8 Å². The minimum Gasteiger partial charge on any atom is -0.478 e. The fourth-order valence-corrected chi connectivity index (χ4v) is 2.88. The van der Waals surface area contributed by atoms with Gasteiger partial charge in [-0.1, -0.05) is 46.1 Å². The van der Waals surface area contributed by atoms with E-state index in [0.717, 1.165) is 10.3 Å². The molecule has 0 saturated heterocycles. The summed E-state index contributed by atoms with van der Waals surface area (Å²) in [6, 6.07) is 0. The Kier molecular flexibility index (Phi) is 6.61. The van der Waals surface area contributed by atoms with Crippen molar-refractivity contribution >= 4 is 18.1 Å². The largest absolute Gasteiger partial charge is 0.478 e. The van der Waals surface area contributed by atoms with E-state index in [1.807, 2.05) is 20.8 Å². The van der Waals surface area contributed by atoms with Crippen molar-refractivity contribution in [3.63, 3.8) is 0 Å². The lowest BCUT2D eigenvalue weighted by Crippen LogP contribution is -2.53. The average Bonchev–Trinajstić information content (AvgIpc) is 3.10. The fourth-order valence-electron chi connectivity index (χ4n) is 2.88. The van der Waals surface area contributed by atoms with Crippen LogP contribution in [0.2, 0.25) is 0 Å². The number of carboxylic acid groups (broad SMARTS) is 1. The molecular formula is C22H26N4O4. The van der Waals surface area contributed by atoms with Crippen LogP contribution in [0, 0.1) is 0 Å². The Bertz CT molecular complexity index is 1260. The molecule has 0 aromatic carbocycles. The maximum absolute atomic E-state index is 13.2. The number of nitrogens with zero attached hydrogens (tertiary/aromatic N) is 2. The molecule has 0 atom stereocenters. The van der Waals surface area contributed by atoms with E-state index >= 15 is 0 Å². The van der Waals surface area contributed by atoms with Crippen LogP contribution in [0.5, 0.6) is 0 Å². The molecule has 0 spiro atoms. The highest BCUT2D eigenvalue weighted by Crippen LogP contribution is 2.22. The summed E-state index contributed by atoms with van der Waals surface area (Å²) in [5, 5.41) is 9.23. The second kappa shape index (κ2) is 8.77. The molecule has 2 aromatic heterocycles. The molecule has 0 unspecified atom stereocenters. The highest BCUT2D eigenvalue weighted by atomic mass is 16.4. The minimum absolute atomic E-state index is 0.00158. The van der Waals surface area contributed by atoms with Crippen LogP contribution in [0.4, 0.5) is 0 Å². The molecule has 2 rings (SSSR count). The van der Waals surface area contributed by atoms with Crippen molar-refractivity contribution in [2.75, 3.05) is 0 Å². The van der Waals surface area contributed by atoms with Gasteiger partial charge in [0, 0.05) is 16.7 Å². The first-order valence-corrected chi connectivity index (χ1v) is 9.26. The number of aromatic nitrogens is 4. The Morgan fingerprint density at radius 2 is 2.00 bits per heavy atom. The van der Waals surface area contributed by atoms with Gasteiger partial charge in [-0.15, -0.1) is 0 Å². The van der Waals surface area contributed by atoms with Crippen LogP contribution in [0.25, 0.3) is 12.2 Å². The molecule has 0 aliphatic heterocycles. The molecule has 0 amide bonds. The van der Waals surface area contributed by atoms with E-state index in [2.05, 4.69) is 28.1 Å². The molecule has 0 saturated carbocycles. The number of rotatable bonds is 6. The summed E-state index contributed by atoms with van der Waals surface area (Å²) in [5.74, 6) is -1.25. The number of nitrogens with one attached hydrogen (secondary N) is 2. The lowest BCUT2D eigenvalue weighted by molar-refractivity contribution is -0.132. The van der Waals surface area contributed by atoms with Crippen LogP contribution in [-0.4, -0.2) is 30.6 Å². The van der Waals surface area contributed by atoms with Gasteiger partial charge in [-0.2, -0.15) is 0 Å². The normalized spacial score (nSPS) is 13.5. The fraction of sp³-hybridized carbons (Fsp3) is 0.273. The Labute approximate surface area is 173 Å². The molecule has 8 nitrogen and oxygen atoms in total. The number of aliphatic carboxylic acids is 1. The molecule has 8 heteroatoms.